The van der Waals surface area contributed by atoms with Crippen molar-refractivity contribution >= 4 is 5.91 Å². The van der Waals surface area contributed by atoms with Crippen molar-refractivity contribution < 1.29 is 4.79 Å². The van der Waals surface area contributed by atoms with Gasteiger partial charge in [0.25, 0.3) is 0 Å². The Kier molecular flexibility index (Phi) is 6.36. The maximum absolute atomic E-state index is 12.8. The van der Waals surface area contributed by atoms with E-state index in [1.807, 2.05) is 4.90 Å². The van der Waals surface area contributed by atoms with Gasteiger partial charge in [-0.05, 0) is 94.6 Å². The van der Waals surface area contributed by atoms with Gasteiger partial charge in [-0.2, -0.15) is 0 Å². The normalized spacial score (nSPS) is 21.8. The average molecular weight is 358 g/mol. The van der Waals surface area contributed by atoms with Gasteiger partial charge in [0.2, 0.25) is 5.91 Å². The van der Waals surface area contributed by atoms with Crippen molar-refractivity contribution in [3.8, 4) is 0 Å². The Hall–Kier alpha value is -1.39. The second kappa shape index (κ2) is 8.53. The van der Waals surface area contributed by atoms with Crippen LogP contribution in [0.2, 0.25) is 0 Å². The number of nitrogens with two attached hydrogens (primary N) is 1. The van der Waals surface area contributed by atoms with Crippen molar-refractivity contribution in [2.75, 3.05) is 33.2 Å². The van der Waals surface area contributed by atoms with Gasteiger partial charge in [-0.15, -0.1) is 0 Å². The monoisotopic (exact) mass is 357 g/mol. The fourth-order valence-electron chi connectivity index (χ4n) is 4.60. The molecule has 4 heteroatoms. The first-order chi connectivity index (χ1) is 12.4. The molecule has 1 amide bonds. The van der Waals surface area contributed by atoms with Gasteiger partial charge in [0.1, 0.15) is 0 Å². The number of hydrogen-bond acceptors (Lipinski definition) is 3. The summed E-state index contributed by atoms with van der Waals surface area (Å²) in [7, 11) is 2.22. The zero-order chi connectivity index (χ0) is 18.7. The van der Waals surface area contributed by atoms with E-state index in [0.29, 0.717) is 6.42 Å². The first-order valence-electron chi connectivity index (χ1n) is 10.2. The van der Waals surface area contributed by atoms with E-state index in [0.717, 1.165) is 43.3 Å². The zero-order valence-electron chi connectivity index (χ0n) is 16.7. The molecule has 144 valence electrons. The Bertz CT molecular complexity index is 614. The van der Waals surface area contributed by atoms with Crippen LogP contribution in [0.1, 0.15) is 42.4 Å². The highest BCUT2D eigenvalue weighted by atomic mass is 16.2. The molecule has 0 spiro atoms. The van der Waals surface area contributed by atoms with Crippen molar-refractivity contribution in [2.24, 2.45) is 17.6 Å². The third-order valence-electron chi connectivity index (χ3n) is 6.63. The van der Waals surface area contributed by atoms with Crippen molar-refractivity contribution in [3.05, 3.63) is 34.9 Å². The van der Waals surface area contributed by atoms with Gasteiger partial charge < -0.3 is 15.5 Å². The Morgan fingerprint density at radius 1 is 1.04 bits per heavy atom. The molecule has 26 heavy (non-hydrogen) atoms. The van der Waals surface area contributed by atoms with Crippen LogP contribution in [0.5, 0.6) is 0 Å². The van der Waals surface area contributed by atoms with Gasteiger partial charge in [-0.3, -0.25) is 4.79 Å². The lowest BCUT2D eigenvalue weighted by Gasteiger charge is -2.40. The summed E-state index contributed by atoms with van der Waals surface area (Å²) < 4.78 is 0. The van der Waals surface area contributed by atoms with Crippen LogP contribution >= 0.6 is 0 Å². The molecule has 1 atom stereocenters. The predicted molar refractivity (Wildman–Crippen MR) is 107 cm³/mol. The summed E-state index contributed by atoms with van der Waals surface area (Å²) in [5.41, 5.74) is 9.97. The summed E-state index contributed by atoms with van der Waals surface area (Å²) in [4.78, 5) is 17.2. The Labute approximate surface area is 158 Å². The Balaban J connectivity index is 1.48. The molecule has 2 heterocycles. The number of nitrogens with zero attached hydrogens (tertiary/aromatic N) is 2. The van der Waals surface area contributed by atoms with Crippen molar-refractivity contribution in [1.29, 1.82) is 0 Å². The van der Waals surface area contributed by atoms with E-state index in [1.165, 1.54) is 37.1 Å². The van der Waals surface area contributed by atoms with E-state index in [2.05, 4.69) is 44.0 Å². The molecule has 2 aliphatic heterocycles. The van der Waals surface area contributed by atoms with E-state index >= 15 is 0 Å². The minimum atomic E-state index is -0.419. The molecule has 0 saturated carbocycles. The highest BCUT2D eigenvalue weighted by Crippen LogP contribution is 2.32. The molecule has 0 aliphatic carbocycles. The van der Waals surface area contributed by atoms with E-state index < -0.39 is 6.04 Å². The van der Waals surface area contributed by atoms with Gasteiger partial charge in [-0.1, -0.05) is 18.2 Å². The summed E-state index contributed by atoms with van der Waals surface area (Å²) >= 11 is 0. The molecule has 4 nitrogen and oxygen atoms in total. The second-order valence-electron chi connectivity index (χ2n) is 8.53. The van der Waals surface area contributed by atoms with Crippen LogP contribution in [-0.4, -0.2) is 55.0 Å². The summed E-state index contributed by atoms with van der Waals surface area (Å²) in [6, 6.07) is 5.96. The van der Waals surface area contributed by atoms with Gasteiger partial charge in [0.05, 0.1) is 6.04 Å². The molecule has 3 rings (SSSR count). The molecular formula is C22H35N3O. The molecule has 2 saturated heterocycles. The SMILES string of the molecule is Cc1ccc(CC(N)C(=O)N2CCC(C3CCN(C)CC3)CC2)cc1C. The molecule has 2 N–H and O–H groups in total. The number of hydrogen-bond donors (Lipinski definition) is 1. The maximum Gasteiger partial charge on any atom is 0.239 e. The van der Waals surface area contributed by atoms with E-state index in [1.54, 1.807) is 0 Å². The fraction of sp³-hybridized carbons (Fsp3) is 0.682. The predicted octanol–water partition coefficient (Wildman–Crippen LogP) is 2.75. The number of amides is 1. The first kappa shape index (κ1) is 19.4. The lowest BCUT2D eigenvalue weighted by Crippen LogP contribution is -2.49. The Morgan fingerprint density at radius 2 is 1.62 bits per heavy atom. The first-order valence-corrected chi connectivity index (χ1v) is 10.2. The molecule has 1 aromatic rings. The van der Waals surface area contributed by atoms with E-state index in [-0.39, 0.29) is 5.91 Å². The van der Waals surface area contributed by atoms with Crippen LogP contribution in [0.3, 0.4) is 0 Å². The lowest BCUT2D eigenvalue weighted by atomic mass is 9.79. The molecule has 0 aromatic heterocycles. The van der Waals surface area contributed by atoms with Gasteiger partial charge >= 0.3 is 0 Å². The van der Waals surface area contributed by atoms with Crippen LogP contribution < -0.4 is 5.73 Å². The van der Waals surface area contributed by atoms with Crippen molar-refractivity contribution in [3.63, 3.8) is 0 Å². The van der Waals surface area contributed by atoms with Crippen LogP contribution in [0.25, 0.3) is 0 Å². The number of likely N-dealkylation sites (tertiary alicyclic amines) is 2. The average Bonchev–Trinajstić information content (AvgIpc) is 2.65. The summed E-state index contributed by atoms with van der Waals surface area (Å²) in [5.74, 6) is 1.78. The largest absolute Gasteiger partial charge is 0.341 e. The maximum atomic E-state index is 12.8. The fourth-order valence-corrected chi connectivity index (χ4v) is 4.60. The summed E-state index contributed by atoms with van der Waals surface area (Å²) in [5, 5.41) is 0. The smallest absolute Gasteiger partial charge is 0.239 e. The van der Waals surface area contributed by atoms with Gasteiger partial charge in [0, 0.05) is 13.1 Å². The van der Waals surface area contributed by atoms with E-state index in [9.17, 15) is 4.79 Å². The number of carbonyl (C=O) groups is 1. The standard InChI is InChI=1S/C22H35N3O/c1-16-4-5-18(14-17(16)2)15-21(23)22(26)25-12-8-20(9-13-25)19-6-10-24(3)11-7-19/h4-5,14,19-21H,6-13,15,23H2,1-3H3. The van der Waals surface area contributed by atoms with Crippen LogP contribution in [0.4, 0.5) is 0 Å². The van der Waals surface area contributed by atoms with Gasteiger partial charge in [-0.25, -0.2) is 0 Å². The molecule has 0 bridgehead atoms. The molecule has 2 fully saturated rings. The molecular weight excluding hydrogens is 322 g/mol. The van der Waals surface area contributed by atoms with Crippen LogP contribution in [0.15, 0.2) is 18.2 Å². The molecule has 0 radical (unpaired) electrons. The summed E-state index contributed by atoms with van der Waals surface area (Å²) in [6.45, 7) is 8.45. The minimum Gasteiger partial charge on any atom is -0.341 e. The number of aryl methyl sites for hydroxylation is 2. The van der Waals surface area contributed by atoms with Crippen LogP contribution in [-0.2, 0) is 11.2 Å². The quantitative estimate of drug-likeness (QED) is 0.901. The zero-order valence-corrected chi connectivity index (χ0v) is 16.7. The molecule has 1 aromatic carbocycles. The molecule has 2 aliphatic rings. The topological polar surface area (TPSA) is 49.6 Å². The van der Waals surface area contributed by atoms with Gasteiger partial charge in [0.15, 0.2) is 0 Å². The summed E-state index contributed by atoms with van der Waals surface area (Å²) in [6.07, 6.45) is 5.57. The van der Waals surface area contributed by atoms with Crippen LogP contribution in [0, 0.1) is 25.7 Å². The third kappa shape index (κ3) is 4.66. The Morgan fingerprint density at radius 3 is 2.19 bits per heavy atom. The number of rotatable bonds is 4. The van der Waals surface area contributed by atoms with E-state index in [4.69, 9.17) is 5.73 Å². The number of benzene rings is 1. The number of carbonyl (C=O) groups excluding carboxylic acids is 1. The minimum absolute atomic E-state index is 0.130. The second-order valence-corrected chi connectivity index (χ2v) is 8.53. The lowest BCUT2D eigenvalue weighted by molar-refractivity contribution is -0.134. The number of piperidine rings is 2. The van der Waals surface area contributed by atoms with Crippen molar-refractivity contribution in [1.82, 2.24) is 9.80 Å². The highest BCUT2D eigenvalue weighted by molar-refractivity contribution is 5.82. The third-order valence-corrected chi connectivity index (χ3v) is 6.63. The highest BCUT2D eigenvalue weighted by Gasteiger charge is 2.31. The van der Waals surface area contributed by atoms with Crippen molar-refractivity contribution in [2.45, 2.75) is 52.0 Å². The molecule has 1 unspecified atom stereocenters.